The molecule has 0 aliphatic heterocycles. The number of pyridine rings is 1. The van der Waals surface area contributed by atoms with Crippen molar-refractivity contribution in [2.24, 2.45) is 0 Å². The fourth-order valence-electron chi connectivity index (χ4n) is 1.79. The Morgan fingerprint density at radius 2 is 1.90 bits per heavy atom. The third kappa shape index (κ3) is 4.02. The Balaban J connectivity index is 1.97. The van der Waals surface area contributed by atoms with Crippen LogP contribution >= 0.6 is 28.1 Å². The summed E-state index contributed by atoms with van der Waals surface area (Å²) in [6, 6.07) is 14.2. The van der Waals surface area contributed by atoms with Crippen molar-refractivity contribution in [2.45, 2.75) is 19.9 Å². The maximum absolute atomic E-state index is 5.31. The number of halogens is 1. The fraction of sp³-hybridized carbons (Fsp3) is 0.200. The molecule has 5 heteroatoms. The highest BCUT2D eigenvalue weighted by atomic mass is 79.9. The van der Waals surface area contributed by atoms with Gasteiger partial charge in [0.15, 0.2) is 5.11 Å². The Kier molecular flexibility index (Phi) is 5.09. The molecule has 0 aliphatic carbocycles. The summed E-state index contributed by atoms with van der Waals surface area (Å²) in [6.07, 6.45) is 0. The van der Waals surface area contributed by atoms with Crippen molar-refractivity contribution in [1.29, 1.82) is 0 Å². The molecule has 0 bridgehead atoms. The number of rotatable bonds is 3. The molecule has 1 heterocycles. The minimum absolute atomic E-state index is 0.146. The number of nitrogens with zero attached hydrogens (tertiary/aromatic N) is 1. The van der Waals surface area contributed by atoms with Gasteiger partial charge in [-0.15, -0.1) is 0 Å². The van der Waals surface area contributed by atoms with E-state index in [1.165, 1.54) is 5.56 Å². The maximum Gasteiger partial charge on any atom is 0.172 e. The minimum Gasteiger partial charge on any atom is -0.356 e. The third-order valence-corrected chi connectivity index (χ3v) is 3.97. The van der Waals surface area contributed by atoms with Crippen LogP contribution in [0.15, 0.2) is 46.9 Å². The van der Waals surface area contributed by atoms with E-state index in [-0.39, 0.29) is 6.04 Å². The lowest BCUT2D eigenvalue weighted by molar-refractivity contribution is 0.722. The van der Waals surface area contributed by atoms with Crippen molar-refractivity contribution in [2.75, 3.05) is 5.32 Å². The summed E-state index contributed by atoms with van der Waals surface area (Å²) in [5, 5.41) is 6.91. The summed E-state index contributed by atoms with van der Waals surface area (Å²) in [4.78, 5) is 4.41. The highest BCUT2D eigenvalue weighted by Crippen LogP contribution is 2.16. The Bertz CT molecular complexity index is 601. The van der Waals surface area contributed by atoms with Crippen LogP contribution in [-0.2, 0) is 0 Å². The lowest BCUT2D eigenvalue weighted by atomic mass is 10.1. The molecule has 0 fully saturated rings. The first-order chi connectivity index (χ1) is 9.56. The summed E-state index contributed by atoms with van der Waals surface area (Å²) in [7, 11) is 0. The van der Waals surface area contributed by atoms with E-state index in [1.807, 2.05) is 37.3 Å². The summed E-state index contributed by atoms with van der Waals surface area (Å²) in [6.45, 7) is 4.02. The van der Waals surface area contributed by atoms with Crippen molar-refractivity contribution in [1.82, 2.24) is 10.3 Å². The quantitative estimate of drug-likeness (QED) is 0.814. The fourth-order valence-corrected chi connectivity index (χ4v) is 2.29. The zero-order valence-corrected chi connectivity index (χ0v) is 13.8. The van der Waals surface area contributed by atoms with Gasteiger partial charge < -0.3 is 10.6 Å². The van der Waals surface area contributed by atoms with E-state index in [0.29, 0.717) is 5.11 Å². The lowest BCUT2D eigenvalue weighted by Gasteiger charge is -2.17. The second kappa shape index (κ2) is 6.81. The van der Waals surface area contributed by atoms with E-state index < -0.39 is 0 Å². The standard InChI is InChI=1S/C15H16BrN3S/c1-10(12-6-4-3-5-7-12)18-15(20)19-14-9-8-13(16)11(2)17-14/h3-10H,1-2H3,(H2,17,18,19,20)/t10-/m0/s1. The second-order valence-corrected chi connectivity index (χ2v) is 5.76. The van der Waals surface area contributed by atoms with Gasteiger partial charge >= 0.3 is 0 Å². The van der Waals surface area contributed by atoms with E-state index in [4.69, 9.17) is 12.2 Å². The van der Waals surface area contributed by atoms with Crippen LogP contribution in [-0.4, -0.2) is 10.1 Å². The van der Waals surface area contributed by atoms with Gasteiger partial charge in [0.1, 0.15) is 5.82 Å². The van der Waals surface area contributed by atoms with Crippen LogP contribution < -0.4 is 10.6 Å². The van der Waals surface area contributed by atoms with E-state index in [2.05, 4.69) is 50.6 Å². The first-order valence-electron chi connectivity index (χ1n) is 6.32. The summed E-state index contributed by atoms with van der Waals surface area (Å²) in [5.74, 6) is 0.739. The van der Waals surface area contributed by atoms with Gasteiger partial charge in [0.05, 0.1) is 11.7 Å². The molecule has 0 radical (unpaired) electrons. The van der Waals surface area contributed by atoms with Crippen molar-refractivity contribution < 1.29 is 0 Å². The first-order valence-corrected chi connectivity index (χ1v) is 7.52. The molecular formula is C15H16BrN3S. The van der Waals surface area contributed by atoms with Crippen molar-refractivity contribution in [3.8, 4) is 0 Å². The summed E-state index contributed by atoms with van der Waals surface area (Å²) in [5.41, 5.74) is 2.12. The molecule has 0 saturated heterocycles. The van der Waals surface area contributed by atoms with Gasteiger partial charge in [-0.05, 0) is 59.7 Å². The molecule has 0 aliphatic rings. The van der Waals surface area contributed by atoms with Gasteiger partial charge in [0.25, 0.3) is 0 Å². The van der Waals surface area contributed by atoms with Crippen LogP contribution in [0.4, 0.5) is 5.82 Å². The highest BCUT2D eigenvalue weighted by molar-refractivity contribution is 9.10. The van der Waals surface area contributed by atoms with Gasteiger partial charge in [-0.3, -0.25) is 0 Å². The maximum atomic E-state index is 5.31. The Morgan fingerprint density at radius 1 is 1.20 bits per heavy atom. The molecule has 1 aromatic heterocycles. The van der Waals surface area contributed by atoms with Crippen molar-refractivity contribution in [3.63, 3.8) is 0 Å². The number of hydrogen-bond donors (Lipinski definition) is 2. The first kappa shape index (κ1) is 14.9. The summed E-state index contributed by atoms with van der Waals surface area (Å²) < 4.78 is 0.986. The predicted octanol–water partition coefficient (Wildman–Crippen LogP) is 4.20. The molecule has 0 spiro atoms. The lowest BCUT2D eigenvalue weighted by Crippen LogP contribution is -2.31. The van der Waals surface area contributed by atoms with Crippen molar-refractivity contribution in [3.05, 3.63) is 58.2 Å². The van der Waals surface area contributed by atoms with Crippen molar-refractivity contribution >= 4 is 39.1 Å². The largest absolute Gasteiger partial charge is 0.356 e. The molecule has 1 aromatic carbocycles. The topological polar surface area (TPSA) is 37.0 Å². The minimum atomic E-state index is 0.146. The van der Waals surface area contributed by atoms with Gasteiger partial charge in [-0.2, -0.15) is 0 Å². The van der Waals surface area contributed by atoms with Gasteiger partial charge in [0.2, 0.25) is 0 Å². The van der Waals surface area contributed by atoms with Crippen LogP contribution in [0.2, 0.25) is 0 Å². The third-order valence-electron chi connectivity index (χ3n) is 2.91. The molecule has 2 aromatic rings. The SMILES string of the molecule is Cc1nc(NC(=S)N[C@@H](C)c2ccccc2)ccc1Br. The number of anilines is 1. The smallest absolute Gasteiger partial charge is 0.172 e. The number of benzene rings is 1. The van der Waals surface area contributed by atoms with E-state index >= 15 is 0 Å². The number of thiocarbonyl (C=S) groups is 1. The van der Waals surface area contributed by atoms with Gasteiger partial charge in [-0.25, -0.2) is 4.98 Å². The van der Waals surface area contributed by atoms with E-state index in [0.717, 1.165) is 16.0 Å². The number of hydrogen-bond acceptors (Lipinski definition) is 2. The molecule has 0 saturated carbocycles. The monoisotopic (exact) mass is 349 g/mol. The number of nitrogens with one attached hydrogen (secondary N) is 2. The number of aryl methyl sites for hydroxylation is 1. The molecule has 1 atom stereocenters. The molecule has 2 N–H and O–H groups in total. The average molecular weight is 350 g/mol. The van der Waals surface area contributed by atoms with Gasteiger partial charge in [0, 0.05) is 4.47 Å². The second-order valence-electron chi connectivity index (χ2n) is 4.49. The van der Waals surface area contributed by atoms with E-state index in [1.54, 1.807) is 0 Å². The molecule has 104 valence electrons. The predicted molar refractivity (Wildman–Crippen MR) is 90.9 cm³/mol. The van der Waals surface area contributed by atoms with Crippen LogP contribution in [0.3, 0.4) is 0 Å². The van der Waals surface area contributed by atoms with E-state index in [9.17, 15) is 0 Å². The van der Waals surface area contributed by atoms with Crippen LogP contribution in [0, 0.1) is 6.92 Å². The molecule has 0 amide bonds. The van der Waals surface area contributed by atoms with Crippen LogP contribution in [0.1, 0.15) is 24.2 Å². The van der Waals surface area contributed by atoms with Crippen LogP contribution in [0.5, 0.6) is 0 Å². The molecule has 2 rings (SSSR count). The molecule has 3 nitrogen and oxygen atoms in total. The Morgan fingerprint density at radius 3 is 2.55 bits per heavy atom. The molecular weight excluding hydrogens is 334 g/mol. The zero-order valence-electron chi connectivity index (χ0n) is 11.4. The van der Waals surface area contributed by atoms with Gasteiger partial charge in [-0.1, -0.05) is 30.3 Å². The Labute approximate surface area is 132 Å². The summed E-state index contributed by atoms with van der Waals surface area (Å²) >= 11 is 8.74. The zero-order chi connectivity index (χ0) is 14.5. The molecule has 20 heavy (non-hydrogen) atoms. The van der Waals surface area contributed by atoms with Crippen LogP contribution in [0.25, 0.3) is 0 Å². The normalized spacial score (nSPS) is 11.8. The molecule has 0 unspecified atom stereocenters. The number of aromatic nitrogens is 1. The highest BCUT2D eigenvalue weighted by Gasteiger charge is 2.07. The average Bonchev–Trinajstić information content (AvgIpc) is 2.44. The Hall–Kier alpha value is -1.46.